The highest BCUT2D eigenvalue weighted by Gasteiger charge is 2.21. The average molecular weight is 304 g/mol. The molecule has 22 heavy (non-hydrogen) atoms. The Kier molecular flexibility index (Phi) is 5.93. The van der Waals surface area contributed by atoms with E-state index < -0.39 is 17.7 Å². The van der Waals surface area contributed by atoms with Crippen LogP contribution in [0.5, 0.6) is 0 Å². The van der Waals surface area contributed by atoms with Crippen molar-refractivity contribution >= 4 is 12.1 Å². The molecule has 6 nitrogen and oxygen atoms in total. The zero-order chi connectivity index (χ0) is 16.8. The molecule has 0 N–H and O–H groups in total. The highest BCUT2D eigenvalue weighted by molar-refractivity contribution is 5.94. The van der Waals surface area contributed by atoms with E-state index in [1.54, 1.807) is 39.8 Å². The summed E-state index contributed by atoms with van der Waals surface area (Å²) in [6, 6.07) is 1.85. The van der Waals surface area contributed by atoms with Crippen LogP contribution in [0, 0.1) is 11.3 Å². The molecule has 0 aromatic heterocycles. The van der Waals surface area contributed by atoms with E-state index >= 15 is 0 Å². The normalized spacial score (nSPS) is 16.6. The number of nitrogens with zero attached hydrogens (tertiary/aromatic N) is 2. The zero-order valence-corrected chi connectivity index (χ0v) is 13.3. The standard InChI is InChI=1S/C16H20N2O4/c1-5-21-14(19)13(11-17)12-7-6-9-18(10-8-12)15(20)22-16(2,3)4/h6,8-10H,5,7H2,1-4H3/b13-12-. The minimum atomic E-state index is -0.663. The third-order valence-electron chi connectivity index (χ3n) is 2.56. The monoisotopic (exact) mass is 304 g/mol. The van der Waals surface area contributed by atoms with Gasteiger partial charge in [-0.15, -0.1) is 0 Å². The van der Waals surface area contributed by atoms with Gasteiger partial charge in [0.2, 0.25) is 0 Å². The van der Waals surface area contributed by atoms with E-state index in [2.05, 4.69) is 0 Å². The van der Waals surface area contributed by atoms with Gasteiger partial charge in [0, 0.05) is 12.4 Å². The molecule has 0 saturated carbocycles. The van der Waals surface area contributed by atoms with Crippen molar-refractivity contribution in [3.63, 3.8) is 0 Å². The minimum absolute atomic E-state index is 0.0613. The molecule has 0 spiro atoms. The topological polar surface area (TPSA) is 79.6 Å². The second-order valence-electron chi connectivity index (χ2n) is 5.52. The molecule has 1 heterocycles. The number of ether oxygens (including phenoxy) is 2. The van der Waals surface area contributed by atoms with Gasteiger partial charge in [0.1, 0.15) is 17.2 Å². The molecule has 0 aromatic carbocycles. The Morgan fingerprint density at radius 1 is 1.36 bits per heavy atom. The van der Waals surface area contributed by atoms with Crippen molar-refractivity contribution in [1.29, 1.82) is 5.26 Å². The smallest absolute Gasteiger partial charge is 0.418 e. The molecule has 1 amide bonds. The first-order chi connectivity index (χ1) is 10.3. The van der Waals surface area contributed by atoms with Crippen LogP contribution in [0.3, 0.4) is 0 Å². The van der Waals surface area contributed by atoms with Crippen LogP contribution in [0.2, 0.25) is 0 Å². The molecule has 1 rings (SSSR count). The van der Waals surface area contributed by atoms with Crippen molar-refractivity contribution in [2.45, 2.75) is 39.7 Å². The maximum Gasteiger partial charge on any atom is 0.418 e. The quantitative estimate of drug-likeness (QED) is 0.445. The van der Waals surface area contributed by atoms with Gasteiger partial charge < -0.3 is 9.47 Å². The number of carbonyl (C=O) groups excluding carboxylic acids is 2. The second kappa shape index (κ2) is 7.46. The average Bonchev–Trinajstić information content (AvgIpc) is 2.64. The Morgan fingerprint density at radius 3 is 2.59 bits per heavy atom. The van der Waals surface area contributed by atoms with Crippen LogP contribution in [-0.2, 0) is 14.3 Å². The molecule has 6 heteroatoms. The summed E-state index contributed by atoms with van der Waals surface area (Å²) in [5.41, 5.74) is -0.177. The van der Waals surface area contributed by atoms with E-state index in [-0.39, 0.29) is 12.2 Å². The summed E-state index contributed by atoms with van der Waals surface area (Å²) in [6.45, 7) is 7.19. The van der Waals surface area contributed by atoms with E-state index in [4.69, 9.17) is 14.7 Å². The summed E-state index contributed by atoms with van der Waals surface area (Å²) in [5, 5.41) is 9.12. The number of rotatable bonds is 2. The first-order valence-electron chi connectivity index (χ1n) is 6.95. The summed E-state index contributed by atoms with van der Waals surface area (Å²) < 4.78 is 10.1. The summed E-state index contributed by atoms with van der Waals surface area (Å²) in [4.78, 5) is 25.0. The lowest BCUT2D eigenvalue weighted by Crippen LogP contribution is -2.30. The fraction of sp³-hybridized carbons (Fsp3) is 0.438. The summed E-state index contributed by atoms with van der Waals surface area (Å²) in [6.07, 6.45) is 6.03. The summed E-state index contributed by atoms with van der Waals surface area (Å²) >= 11 is 0. The van der Waals surface area contributed by atoms with Crippen LogP contribution >= 0.6 is 0 Å². The lowest BCUT2D eigenvalue weighted by atomic mass is 10.1. The van der Waals surface area contributed by atoms with E-state index in [1.807, 2.05) is 6.07 Å². The summed E-state index contributed by atoms with van der Waals surface area (Å²) in [5.74, 6) is -0.663. The van der Waals surface area contributed by atoms with Crippen molar-refractivity contribution in [3.8, 4) is 6.07 Å². The molecule has 0 bridgehead atoms. The fourth-order valence-electron chi connectivity index (χ4n) is 1.65. The van der Waals surface area contributed by atoms with Crippen molar-refractivity contribution in [1.82, 2.24) is 4.90 Å². The predicted molar refractivity (Wildman–Crippen MR) is 80.2 cm³/mol. The van der Waals surface area contributed by atoms with Gasteiger partial charge in [0.15, 0.2) is 0 Å². The first-order valence-corrected chi connectivity index (χ1v) is 6.95. The third kappa shape index (κ3) is 5.09. The maximum atomic E-state index is 12.0. The Hall–Kier alpha value is -2.55. The van der Waals surface area contributed by atoms with Gasteiger partial charge in [0.05, 0.1) is 6.61 Å². The number of hydrogen-bond donors (Lipinski definition) is 0. The minimum Gasteiger partial charge on any atom is -0.462 e. The van der Waals surface area contributed by atoms with Gasteiger partial charge in [-0.05, 0) is 45.8 Å². The van der Waals surface area contributed by atoms with Crippen LogP contribution in [0.1, 0.15) is 34.1 Å². The highest BCUT2D eigenvalue weighted by atomic mass is 16.6. The molecule has 118 valence electrons. The lowest BCUT2D eigenvalue weighted by Gasteiger charge is -2.22. The predicted octanol–water partition coefficient (Wildman–Crippen LogP) is 3.04. The SMILES string of the molecule is CCOC(=O)/C(C#N)=C1\C=CN(C(=O)OC(C)(C)C)C=CC1. The molecular weight excluding hydrogens is 284 g/mol. The van der Waals surface area contributed by atoms with Gasteiger partial charge in [-0.1, -0.05) is 6.08 Å². The van der Waals surface area contributed by atoms with E-state index in [0.717, 1.165) is 0 Å². The molecule has 0 aromatic rings. The van der Waals surface area contributed by atoms with E-state index in [0.29, 0.717) is 12.0 Å². The Labute approximate surface area is 130 Å². The number of hydrogen-bond acceptors (Lipinski definition) is 5. The molecule has 0 unspecified atom stereocenters. The maximum absolute atomic E-state index is 12.0. The number of carbonyl (C=O) groups is 2. The third-order valence-corrected chi connectivity index (χ3v) is 2.56. The Morgan fingerprint density at radius 2 is 2.05 bits per heavy atom. The van der Waals surface area contributed by atoms with Gasteiger partial charge >= 0.3 is 12.1 Å². The van der Waals surface area contributed by atoms with Crippen LogP contribution in [-0.4, -0.2) is 29.2 Å². The zero-order valence-electron chi connectivity index (χ0n) is 13.3. The second-order valence-corrected chi connectivity index (χ2v) is 5.52. The number of esters is 1. The number of nitriles is 1. The largest absolute Gasteiger partial charge is 0.462 e. The molecule has 1 aliphatic rings. The highest BCUT2D eigenvalue weighted by Crippen LogP contribution is 2.18. The molecule has 0 fully saturated rings. The molecule has 0 atom stereocenters. The van der Waals surface area contributed by atoms with Crippen molar-refractivity contribution in [2.24, 2.45) is 0 Å². The van der Waals surface area contributed by atoms with Crippen LogP contribution in [0.25, 0.3) is 0 Å². The van der Waals surface area contributed by atoms with Gasteiger partial charge in [-0.2, -0.15) is 5.26 Å². The summed E-state index contributed by atoms with van der Waals surface area (Å²) in [7, 11) is 0. The number of allylic oxidation sites excluding steroid dienone is 3. The van der Waals surface area contributed by atoms with E-state index in [1.165, 1.54) is 17.3 Å². The lowest BCUT2D eigenvalue weighted by molar-refractivity contribution is -0.138. The Bertz CT molecular complexity index is 574. The number of amides is 1. The van der Waals surface area contributed by atoms with Crippen molar-refractivity contribution in [3.05, 3.63) is 35.7 Å². The van der Waals surface area contributed by atoms with Gasteiger partial charge in [0.25, 0.3) is 0 Å². The van der Waals surface area contributed by atoms with Crippen LogP contribution < -0.4 is 0 Å². The molecule has 1 aliphatic heterocycles. The fourth-order valence-corrected chi connectivity index (χ4v) is 1.65. The van der Waals surface area contributed by atoms with Gasteiger partial charge in [-0.25, -0.2) is 9.59 Å². The van der Waals surface area contributed by atoms with Crippen LogP contribution in [0.15, 0.2) is 35.7 Å². The molecular formula is C16H20N2O4. The molecule has 0 aliphatic carbocycles. The van der Waals surface area contributed by atoms with Crippen molar-refractivity contribution in [2.75, 3.05) is 6.61 Å². The van der Waals surface area contributed by atoms with Crippen molar-refractivity contribution < 1.29 is 19.1 Å². The van der Waals surface area contributed by atoms with E-state index in [9.17, 15) is 9.59 Å². The molecule has 0 saturated heterocycles. The Balaban J connectivity index is 2.98. The van der Waals surface area contributed by atoms with Crippen LogP contribution in [0.4, 0.5) is 4.79 Å². The molecule has 0 radical (unpaired) electrons. The van der Waals surface area contributed by atoms with Gasteiger partial charge in [-0.3, -0.25) is 4.90 Å². The first kappa shape index (κ1) is 17.5.